The minimum Gasteiger partial charge on any atom is -0.362 e. The predicted molar refractivity (Wildman–Crippen MR) is 121 cm³/mol. The lowest BCUT2D eigenvalue weighted by atomic mass is 9.95. The Morgan fingerprint density at radius 3 is 2.47 bits per heavy atom. The van der Waals surface area contributed by atoms with Crippen molar-refractivity contribution in [1.29, 1.82) is 0 Å². The molecule has 0 radical (unpaired) electrons. The topological polar surface area (TPSA) is 75.3 Å². The van der Waals surface area contributed by atoms with E-state index < -0.39 is 30.8 Å². The highest BCUT2D eigenvalue weighted by atomic mass is 32.2. The van der Waals surface area contributed by atoms with Gasteiger partial charge in [-0.05, 0) is 11.8 Å². The molecule has 0 aromatic heterocycles. The number of rotatable bonds is 8. The van der Waals surface area contributed by atoms with Crippen LogP contribution >= 0.6 is 11.8 Å². The quantitative estimate of drug-likeness (QED) is 0.608. The SMILES string of the molecule is CSCO[C@@H]1[C@H](NC(C)=O)[C@H](OCc2ccccc2)O[C@@H]2CO[C@@H](c3ccccc3)O[C@H]12. The van der Waals surface area contributed by atoms with Gasteiger partial charge in [0.15, 0.2) is 12.6 Å². The molecular formula is C24H29NO6S. The normalized spacial score (nSPS) is 29.8. The lowest BCUT2D eigenvalue weighted by molar-refractivity contribution is -0.348. The Balaban J connectivity index is 1.54. The van der Waals surface area contributed by atoms with Crippen LogP contribution in [0.15, 0.2) is 60.7 Å². The average molecular weight is 460 g/mol. The molecule has 0 bridgehead atoms. The maximum Gasteiger partial charge on any atom is 0.217 e. The molecule has 0 unspecified atom stereocenters. The van der Waals surface area contributed by atoms with Crippen LogP contribution in [0, 0.1) is 0 Å². The number of carbonyl (C=O) groups is 1. The smallest absolute Gasteiger partial charge is 0.217 e. The van der Waals surface area contributed by atoms with Crippen LogP contribution < -0.4 is 5.32 Å². The lowest BCUT2D eigenvalue weighted by Gasteiger charge is -2.49. The third-order valence-corrected chi connectivity index (χ3v) is 5.79. The molecule has 7 nitrogen and oxygen atoms in total. The van der Waals surface area contributed by atoms with Gasteiger partial charge in [-0.2, -0.15) is 0 Å². The van der Waals surface area contributed by atoms with Crippen molar-refractivity contribution in [2.75, 3.05) is 18.8 Å². The molecule has 0 saturated carbocycles. The lowest BCUT2D eigenvalue weighted by Crippen LogP contribution is -2.67. The summed E-state index contributed by atoms with van der Waals surface area (Å²) in [5.74, 6) is 0.269. The number of amides is 1. The van der Waals surface area contributed by atoms with Crippen LogP contribution in [0.4, 0.5) is 0 Å². The highest BCUT2D eigenvalue weighted by molar-refractivity contribution is 7.98. The van der Waals surface area contributed by atoms with E-state index in [0.29, 0.717) is 19.2 Å². The molecule has 32 heavy (non-hydrogen) atoms. The molecule has 172 valence electrons. The minimum absolute atomic E-state index is 0.185. The van der Waals surface area contributed by atoms with Crippen molar-refractivity contribution >= 4 is 17.7 Å². The number of ether oxygens (including phenoxy) is 5. The molecule has 6 atom stereocenters. The van der Waals surface area contributed by atoms with Gasteiger partial charge in [0.2, 0.25) is 5.91 Å². The summed E-state index contributed by atoms with van der Waals surface area (Å²) in [6.45, 7) is 2.16. The summed E-state index contributed by atoms with van der Waals surface area (Å²) in [6, 6.07) is 19.1. The largest absolute Gasteiger partial charge is 0.362 e. The number of carbonyl (C=O) groups excluding carboxylic acids is 1. The first kappa shape index (κ1) is 23.2. The van der Waals surface area contributed by atoms with Crippen LogP contribution in [0.1, 0.15) is 24.3 Å². The number of fused-ring (bicyclic) bond motifs is 1. The van der Waals surface area contributed by atoms with Crippen molar-refractivity contribution in [3.05, 3.63) is 71.8 Å². The summed E-state index contributed by atoms with van der Waals surface area (Å²) in [7, 11) is 0. The fourth-order valence-corrected chi connectivity index (χ4v) is 4.27. The Morgan fingerprint density at radius 1 is 1.06 bits per heavy atom. The fourth-order valence-electron chi connectivity index (χ4n) is 3.98. The van der Waals surface area contributed by atoms with Gasteiger partial charge in [0, 0.05) is 12.5 Å². The van der Waals surface area contributed by atoms with Gasteiger partial charge < -0.3 is 29.0 Å². The van der Waals surface area contributed by atoms with Crippen LogP contribution in [0.3, 0.4) is 0 Å². The van der Waals surface area contributed by atoms with Gasteiger partial charge in [-0.1, -0.05) is 60.7 Å². The van der Waals surface area contributed by atoms with E-state index in [1.54, 1.807) is 11.8 Å². The van der Waals surface area contributed by atoms with Crippen LogP contribution in [-0.2, 0) is 35.1 Å². The second kappa shape index (κ2) is 11.3. The zero-order chi connectivity index (χ0) is 22.3. The Hall–Kier alpha value is -1.94. The second-order valence-electron chi connectivity index (χ2n) is 7.78. The molecule has 2 saturated heterocycles. The molecule has 2 aromatic rings. The first-order valence-electron chi connectivity index (χ1n) is 10.7. The zero-order valence-electron chi connectivity index (χ0n) is 18.2. The molecule has 2 aliphatic heterocycles. The van der Waals surface area contributed by atoms with Crippen molar-refractivity contribution in [3.8, 4) is 0 Å². The molecule has 2 fully saturated rings. The summed E-state index contributed by atoms with van der Waals surface area (Å²) >= 11 is 1.56. The Bertz CT molecular complexity index is 854. The van der Waals surface area contributed by atoms with E-state index >= 15 is 0 Å². The van der Waals surface area contributed by atoms with Gasteiger partial charge >= 0.3 is 0 Å². The molecular weight excluding hydrogens is 430 g/mol. The molecule has 4 rings (SSSR count). The van der Waals surface area contributed by atoms with Gasteiger partial charge in [0.05, 0.1) is 19.2 Å². The zero-order valence-corrected chi connectivity index (χ0v) is 19.0. The van der Waals surface area contributed by atoms with Crippen molar-refractivity contribution in [2.24, 2.45) is 0 Å². The highest BCUT2D eigenvalue weighted by Crippen LogP contribution is 2.36. The Morgan fingerprint density at radius 2 is 1.78 bits per heavy atom. The second-order valence-corrected chi connectivity index (χ2v) is 8.59. The Kier molecular flexibility index (Phi) is 8.18. The van der Waals surface area contributed by atoms with E-state index in [-0.39, 0.29) is 12.0 Å². The van der Waals surface area contributed by atoms with Crippen LogP contribution in [0.5, 0.6) is 0 Å². The number of hydrogen-bond acceptors (Lipinski definition) is 7. The Labute approximate surface area is 192 Å². The molecule has 1 amide bonds. The summed E-state index contributed by atoms with van der Waals surface area (Å²) in [5.41, 5.74) is 1.94. The van der Waals surface area contributed by atoms with Crippen LogP contribution in [-0.4, -0.2) is 55.4 Å². The van der Waals surface area contributed by atoms with E-state index in [1.807, 2.05) is 66.9 Å². The predicted octanol–water partition coefficient (Wildman–Crippen LogP) is 3.25. The van der Waals surface area contributed by atoms with Gasteiger partial charge in [-0.3, -0.25) is 4.79 Å². The van der Waals surface area contributed by atoms with Crippen molar-refractivity contribution in [3.63, 3.8) is 0 Å². The number of nitrogens with one attached hydrogen (secondary N) is 1. The first-order chi connectivity index (χ1) is 15.7. The third-order valence-electron chi connectivity index (χ3n) is 5.42. The number of hydrogen-bond donors (Lipinski definition) is 1. The van der Waals surface area contributed by atoms with E-state index in [4.69, 9.17) is 23.7 Å². The van der Waals surface area contributed by atoms with Crippen LogP contribution in [0.2, 0.25) is 0 Å². The highest BCUT2D eigenvalue weighted by Gasteiger charge is 2.51. The van der Waals surface area contributed by atoms with Gasteiger partial charge in [0.1, 0.15) is 24.4 Å². The van der Waals surface area contributed by atoms with Gasteiger partial charge in [-0.15, -0.1) is 11.8 Å². The molecule has 1 N–H and O–H groups in total. The standard InChI is InChI=1S/C24H29NO6S/c1-16(26)25-20-22(29-15-32-2)21-19(14-28-23(31-21)18-11-7-4-8-12-18)30-24(20)27-13-17-9-5-3-6-10-17/h3-12,19-24H,13-15H2,1-2H3,(H,25,26)/t19-,20+,21+,22-,23-,24-/m1/s1. The molecule has 2 aromatic carbocycles. The summed E-state index contributed by atoms with van der Waals surface area (Å²) in [5, 5.41) is 2.97. The maximum atomic E-state index is 12.0. The summed E-state index contributed by atoms with van der Waals surface area (Å²) < 4.78 is 30.8. The number of benzene rings is 2. The monoisotopic (exact) mass is 459 g/mol. The van der Waals surface area contributed by atoms with Gasteiger partial charge in [-0.25, -0.2) is 0 Å². The molecule has 8 heteroatoms. The molecule has 2 aliphatic rings. The molecule has 0 spiro atoms. The summed E-state index contributed by atoms with van der Waals surface area (Å²) in [4.78, 5) is 12.0. The average Bonchev–Trinajstić information content (AvgIpc) is 2.82. The maximum absolute atomic E-state index is 12.0. The molecule has 0 aliphatic carbocycles. The van der Waals surface area contributed by atoms with E-state index in [9.17, 15) is 4.79 Å². The first-order valence-corrected chi connectivity index (χ1v) is 12.1. The van der Waals surface area contributed by atoms with Crippen molar-refractivity contribution < 1.29 is 28.5 Å². The fraction of sp³-hybridized carbons (Fsp3) is 0.458. The van der Waals surface area contributed by atoms with Gasteiger partial charge in [0.25, 0.3) is 0 Å². The van der Waals surface area contributed by atoms with Crippen LogP contribution in [0.25, 0.3) is 0 Å². The van der Waals surface area contributed by atoms with Crippen molar-refractivity contribution in [1.82, 2.24) is 5.32 Å². The third kappa shape index (κ3) is 5.70. The summed E-state index contributed by atoms with van der Waals surface area (Å²) in [6.07, 6.45) is -0.525. The van der Waals surface area contributed by atoms with E-state index in [0.717, 1.165) is 11.1 Å². The minimum atomic E-state index is -0.701. The van der Waals surface area contributed by atoms with E-state index in [2.05, 4.69) is 5.32 Å². The number of thioether (sulfide) groups is 1. The van der Waals surface area contributed by atoms with Crippen molar-refractivity contribution in [2.45, 2.75) is 50.5 Å². The molecule has 2 heterocycles. The van der Waals surface area contributed by atoms with E-state index in [1.165, 1.54) is 6.92 Å².